The van der Waals surface area contributed by atoms with E-state index in [1.54, 1.807) is 13.2 Å². The van der Waals surface area contributed by atoms with Crippen LogP contribution in [0.2, 0.25) is 0 Å². The lowest BCUT2D eigenvalue weighted by Gasteiger charge is -2.12. The number of methoxy groups -OCH3 is 1. The van der Waals surface area contributed by atoms with E-state index in [4.69, 9.17) is 15.2 Å². The standard InChI is InChI=1S/C17H24N6O2/c1-12-10-15(24-4)21-17(19-12)22-16(18)20-13-6-5-7-14(11-13)25-9-8-23(2)3/h5-7,10-11H,8-9H2,1-4H3,(H3,18,19,20,21,22). The normalized spacial score (nSPS) is 11.5. The smallest absolute Gasteiger partial charge is 0.256 e. The van der Waals surface area contributed by atoms with Crippen molar-refractivity contribution in [3.05, 3.63) is 36.0 Å². The van der Waals surface area contributed by atoms with Crippen LogP contribution < -0.4 is 20.5 Å². The maximum absolute atomic E-state index is 5.94. The third kappa shape index (κ3) is 6.27. The van der Waals surface area contributed by atoms with Crippen LogP contribution in [0.3, 0.4) is 0 Å². The highest BCUT2D eigenvalue weighted by atomic mass is 16.5. The number of rotatable bonds is 7. The highest BCUT2D eigenvalue weighted by Gasteiger charge is 2.04. The number of aryl methyl sites for hydroxylation is 1. The summed E-state index contributed by atoms with van der Waals surface area (Å²) in [6, 6.07) is 9.22. The lowest BCUT2D eigenvalue weighted by Crippen LogP contribution is -2.22. The van der Waals surface area contributed by atoms with Gasteiger partial charge in [-0.2, -0.15) is 9.98 Å². The molecule has 0 unspecified atom stereocenters. The Balaban J connectivity index is 2.04. The van der Waals surface area contributed by atoms with Crippen LogP contribution in [0.4, 0.5) is 11.6 Å². The van der Waals surface area contributed by atoms with Gasteiger partial charge in [0.05, 0.1) is 7.11 Å². The van der Waals surface area contributed by atoms with E-state index in [0.29, 0.717) is 12.5 Å². The van der Waals surface area contributed by atoms with Gasteiger partial charge >= 0.3 is 0 Å². The first-order valence-electron chi connectivity index (χ1n) is 7.84. The van der Waals surface area contributed by atoms with Crippen LogP contribution in [0, 0.1) is 6.92 Å². The Kier molecular flexibility index (Phi) is 6.53. The molecule has 0 aliphatic rings. The number of nitrogens with zero attached hydrogens (tertiary/aromatic N) is 4. The molecule has 8 heteroatoms. The largest absolute Gasteiger partial charge is 0.492 e. The van der Waals surface area contributed by atoms with Gasteiger partial charge in [-0.25, -0.2) is 4.98 Å². The van der Waals surface area contributed by atoms with Gasteiger partial charge in [0.2, 0.25) is 11.8 Å². The van der Waals surface area contributed by atoms with Crippen molar-refractivity contribution in [1.82, 2.24) is 14.9 Å². The van der Waals surface area contributed by atoms with Gasteiger partial charge in [0.1, 0.15) is 12.4 Å². The predicted octanol–water partition coefficient (Wildman–Crippen LogP) is 1.79. The fourth-order valence-electron chi connectivity index (χ4n) is 1.97. The predicted molar refractivity (Wildman–Crippen MR) is 98.7 cm³/mol. The molecule has 0 saturated heterocycles. The monoisotopic (exact) mass is 344 g/mol. The van der Waals surface area contributed by atoms with Crippen LogP contribution in [0.1, 0.15) is 5.69 Å². The Bertz CT molecular complexity index is 733. The van der Waals surface area contributed by atoms with Crippen molar-refractivity contribution in [3.8, 4) is 11.6 Å². The average Bonchev–Trinajstić information content (AvgIpc) is 2.54. The van der Waals surface area contributed by atoms with Gasteiger partial charge < -0.3 is 25.4 Å². The van der Waals surface area contributed by atoms with Crippen molar-refractivity contribution in [1.29, 1.82) is 0 Å². The summed E-state index contributed by atoms with van der Waals surface area (Å²) in [5.74, 6) is 1.61. The van der Waals surface area contributed by atoms with E-state index in [2.05, 4.69) is 25.2 Å². The molecular formula is C17H24N6O2. The number of anilines is 1. The Morgan fingerprint density at radius 1 is 1.28 bits per heavy atom. The number of guanidine groups is 1. The van der Waals surface area contributed by atoms with Crippen LogP contribution in [-0.2, 0) is 0 Å². The van der Waals surface area contributed by atoms with E-state index in [-0.39, 0.29) is 11.9 Å². The summed E-state index contributed by atoms with van der Waals surface area (Å²) in [6.07, 6.45) is 0. The minimum atomic E-state index is 0.179. The molecule has 0 bridgehead atoms. The average molecular weight is 344 g/mol. The maximum atomic E-state index is 5.94. The molecule has 3 N–H and O–H groups in total. The first kappa shape index (κ1) is 18.5. The van der Waals surface area contributed by atoms with Crippen LogP contribution in [0.15, 0.2) is 35.3 Å². The van der Waals surface area contributed by atoms with Crippen LogP contribution >= 0.6 is 0 Å². The number of likely N-dealkylation sites (N-methyl/N-ethyl adjacent to an activating group) is 1. The second kappa shape index (κ2) is 8.84. The summed E-state index contributed by atoms with van der Waals surface area (Å²) in [5.41, 5.74) is 7.45. The van der Waals surface area contributed by atoms with Gasteiger partial charge in [0.15, 0.2) is 0 Å². The Labute approximate surface area is 147 Å². The zero-order valence-electron chi connectivity index (χ0n) is 15.0. The van der Waals surface area contributed by atoms with E-state index in [9.17, 15) is 0 Å². The molecule has 0 fully saturated rings. The molecule has 2 aromatic rings. The number of benzene rings is 1. The number of aliphatic imine (C=N–C) groups is 1. The first-order chi connectivity index (χ1) is 12.0. The molecule has 2 rings (SSSR count). The molecule has 0 aliphatic carbocycles. The number of nitrogens with two attached hydrogens (primary N) is 1. The molecule has 134 valence electrons. The molecule has 0 atom stereocenters. The molecule has 1 aromatic heterocycles. The number of hydrogen-bond donors (Lipinski definition) is 2. The second-order valence-corrected chi connectivity index (χ2v) is 5.65. The Morgan fingerprint density at radius 3 is 2.80 bits per heavy atom. The van der Waals surface area contributed by atoms with Crippen LogP contribution in [0.5, 0.6) is 11.6 Å². The molecule has 0 saturated carbocycles. The number of aromatic nitrogens is 2. The van der Waals surface area contributed by atoms with Crippen molar-refractivity contribution in [2.24, 2.45) is 10.7 Å². The summed E-state index contributed by atoms with van der Waals surface area (Å²) < 4.78 is 10.8. The molecule has 1 aromatic carbocycles. The van der Waals surface area contributed by atoms with Crippen LogP contribution in [0.25, 0.3) is 0 Å². The number of ether oxygens (including phenoxy) is 2. The van der Waals surface area contributed by atoms with E-state index in [0.717, 1.165) is 23.7 Å². The van der Waals surface area contributed by atoms with Gasteiger partial charge in [0, 0.05) is 30.1 Å². The zero-order chi connectivity index (χ0) is 18.2. The fraction of sp³-hybridized carbons (Fsp3) is 0.353. The van der Waals surface area contributed by atoms with Gasteiger partial charge in [-0.05, 0) is 33.2 Å². The lowest BCUT2D eigenvalue weighted by molar-refractivity contribution is 0.261. The maximum Gasteiger partial charge on any atom is 0.256 e. The van der Waals surface area contributed by atoms with Gasteiger partial charge in [-0.3, -0.25) is 0 Å². The fourth-order valence-corrected chi connectivity index (χ4v) is 1.97. The van der Waals surface area contributed by atoms with E-state index in [1.165, 1.54) is 0 Å². The Hall–Kier alpha value is -2.87. The zero-order valence-corrected chi connectivity index (χ0v) is 15.0. The second-order valence-electron chi connectivity index (χ2n) is 5.65. The quantitative estimate of drug-likeness (QED) is 0.584. The lowest BCUT2D eigenvalue weighted by atomic mass is 10.3. The van der Waals surface area contributed by atoms with E-state index in [1.807, 2.05) is 45.3 Å². The molecule has 0 spiro atoms. The number of nitrogens with one attached hydrogen (secondary N) is 1. The van der Waals surface area contributed by atoms with Crippen molar-refractivity contribution in [3.63, 3.8) is 0 Å². The summed E-state index contributed by atoms with van der Waals surface area (Å²) in [7, 11) is 5.54. The van der Waals surface area contributed by atoms with E-state index >= 15 is 0 Å². The SMILES string of the molecule is COc1cc(C)nc(/N=C(/N)Nc2cccc(OCCN(C)C)c2)n1. The topological polar surface area (TPSA) is 97.9 Å². The van der Waals surface area contributed by atoms with E-state index < -0.39 is 0 Å². The molecule has 0 amide bonds. The molecule has 25 heavy (non-hydrogen) atoms. The summed E-state index contributed by atoms with van der Waals surface area (Å²) in [4.78, 5) is 14.6. The molecule has 0 aliphatic heterocycles. The van der Waals surface area contributed by atoms with Gasteiger partial charge in [-0.1, -0.05) is 6.07 Å². The highest BCUT2D eigenvalue weighted by molar-refractivity contribution is 5.93. The first-order valence-corrected chi connectivity index (χ1v) is 7.84. The summed E-state index contributed by atoms with van der Waals surface area (Å²) >= 11 is 0. The van der Waals surface area contributed by atoms with Gasteiger partial charge in [0.25, 0.3) is 5.95 Å². The van der Waals surface area contributed by atoms with Crippen molar-refractivity contribution >= 4 is 17.6 Å². The highest BCUT2D eigenvalue weighted by Crippen LogP contribution is 2.18. The van der Waals surface area contributed by atoms with Gasteiger partial charge in [-0.15, -0.1) is 0 Å². The van der Waals surface area contributed by atoms with Crippen LogP contribution in [-0.4, -0.2) is 55.2 Å². The minimum Gasteiger partial charge on any atom is -0.492 e. The minimum absolute atomic E-state index is 0.179. The summed E-state index contributed by atoms with van der Waals surface area (Å²) in [6.45, 7) is 3.28. The molecular weight excluding hydrogens is 320 g/mol. The summed E-state index contributed by atoms with van der Waals surface area (Å²) in [5, 5.41) is 3.00. The molecule has 0 radical (unpaired) electrons. The Morgan fingerprint density at radius 2 is 2.08 bits per heavy atom. The molecule has 8 nitrogen and oxygen atoms in total. The third-order valence-corrected chi connectivity index (χ3v) is 3.16. The van der Waals surface area contributed by atoms with Crippen molar-refractivity contribution in [2.75, 3.05) is 39.7 Å². The van der Waals surface area contributed by atoms with Crippen molar-refractivity contribution in [2.45, 2.75) is 6.92 Å². The molecule has 1 heterocycles. The third-order valence-electron chi connectivity index (χ3n) is 3.16. The van der Waals surface area contributed by atoms with Crippen molar-refractivity contribution < 1.29 is 9.47 Å². The number of hydrogen-bond acceptors (Lipinski definition) is 6.